The molecule has 20 heavy (non-hydrogen) atoms. The minimum Gasteiger partial charge on any atom is -0.349 e. The van der Waals surface area contributed by atoms with E-state index in [9.17, 15) is 8.42 Å². The molecule has 6 heteroatoms. The van der Waals surface area contributed by atoms with Crippen LogP contribution in [-0.2, 0) is 23.1 Å². The van der Waals surface area contributed by atoms with E-state index in [1.807, 2.05) is 18.4 Å². The van der Waals surface area contributed by atoms with Gasteiger partial charge >= 0.3 is 0 Å². The van der Waals surface area contributed by atoms with E-state index in [-0.39, 0.29) is 5.54 Å². The highest BCUT2D eigenvalue weighted by Crippen LogP contribution is 2.40. The van der Waals surface area contributed by atoms with Gasteiger partial charge in [0.05, 0.1) is 4.90 Å². The average Bonchev–Trinajstić information content (AvgIpc) is 3.11. The van der Waals surface area contributed by atoms with Crippen molar-refractivity contribution in [1.82, 2.24) is 9.29 Å². The van der Waals surface area contributed by atoms with Gasteiger partial charge in [-0.25, -0.2) is 13.1 Å². The zero-order valence-electron chi connectivity index (χ0n) is 12.5. The zero-order chi connectivity index (χ0) is 15.0. The SMILES string of the molecule is CCCn1cc(S(=O)(=O)NC(C)(C)C2CC2)cc1CN. The van der Waals surface area contributed by atoms with E-state index in [4.69, 9.17) is 5.73 Å². The molecule has 0 aliphatic heterocycles. The summed E-state index contributed by atoms with van der Waals surface area (Å²) in [7, 11) is -3.48. The highest BCUT2D eigenvalue weighted by Gasteiger charge is 2.40. The van der Waals surface area contributed by atoms with Gasteiger partial charge < -0.3 is 10.3 Å². The van der Waals surface area contributed by atoms with Crippen molar-refractivity contribution in [3.63, 3.8) is 0 Å². The van der Waals surface area contributed by atoms with Crippen LogP contribution in [0.15, 0.2) is 17.2 Å². The third-order valence-corrected chi connectivity index (χ3v) is 5.58. The Labute approximate surface area is 121 Å². The van der Waals surface area contributed by atoms with Gasteiger partial charge in [-0.15, -0.1) is 0 Å². The normalized spacial score (nSPS) is 16.6. The van der Waals surface area contributed by atoms with Crippen molar-refractivity contribution < 1.29 is 8.42 Å². The molecule has 0 radical (unpaired) electrons. The first-order valence-electron chi connectivity index (χ1n) is 7.23. The van der Waals surface area contributed by atoms with Gasteiger partial charge in [-0.05, 0) is 45.1 Å². The fourth-order valence-corrected chi connectivity index (χ4v) is 4.12. The molecule has 0 saturated heterocycles. The van der Waals surface area contributed by atoms with Gasteiger partial charge in [0.25, 0.3) is 0 Å². The number of hydrogen-bond acceptors (Lipinski definition) is 3. The fraction of sp³-hybridized carbons (Fsp3) is 0.714. The molecule has 0 aromatic carbocycles. The number of sulfonamides is 1. The molecular formula is C14H25N3O2S. The Kier molecular flexibility index (Phi) is 4.27. The monoisotopic (exact) mass is 299 g/mol. The molecule has 5 nitrogen and oxygen atoms in total. The lowest BCUT2D eigenvalue weighted by Gasteiger charge is -2.25. The quantitative estimate of drug-likeness (QED) is 0.806. The maximum atomic E-state index is 12.5. The van der Waals surface area contributed by atoms with E-state index < -0.39 is 10.0 Å². The minimum absolute atomic E-state index is 0.320. The molecular weight excluding hydrogens is 274 g/mol. The molecule has 0 bridgehead atoms. The van der Waals surface area contributed by atoms with Crippen LogP contribution in [-0.4, -0.2) is 18.5 Å². The van der Waals surface area contributed by atoms with Crippen LogP contribution >= 0.6 is 0 Å². The van der Waals surface area contributed by atoms with Gasteiger partial charge in [0.15, 0.2) is 0 Å². The van der Waals surface area contributed by atoms with Crippen LogP contribution in [0.3, 0.4) is 0 Å². The smallest absolute Gasteiger partial charge is 0.242 e. The predicted octanol–water partition coefficient (Wildman–Crippen LogP) is 1.82. The molecule has 0 amide bonds. The summed E-state index contributed by atoms with van der Waals surface area (Å²) in [6.45, 7) is 7.10. The van der Waals surface area contributed by atoms with Crippen molar-refractivity contribution in [3.05, 3.63) is 18.0 Å². The third-order valence-electron chi connectivity index (χ3n) is 3.94. The molecule has 0 spiro atoms. The Morgan fingerprint density at radius 2 is 2.10 bits per heavy atom. The highest BCUT2D eigenvalue weighted by molar-refractivity contribution is 7.89. The summed E-state index contributed by atoms with van der Waals surface area (Å²) in [5.74, 6) is 0.448. The van der Waals surface area contributed by atoms with Crippen LogP contribution in [0.25, 0.3) is 0 Å². The first-order chi connectivity index (χ1) is 9.30. The van der Waals surface area contributed by atoms with E-state index in [0.717, 1.165) is 31.5 Å². The lowest BCUT2D eigenvalue weighted by atomic mass is 10.0. The van der Waals surface area contributed by atoms with Gasteiger partial charge in [-0.3, -0.25) is 0 Å². The largest absolute Gasteiger partial charge is 0.349 e. The number of nitrogens with zero attached hydrogens (tertiary/aromatic N) is 1. The molecule has 1 saturated carbocycles. The number of nitrogens with one attached hydrogen (secondary N) is 1. The van der Waals surface area contributed by atoms with Crippen LogP contribution in [0, 0.1) is 5.92 Å². The van der Waals surface area contributed by atoms with Crippen molar-refractivity contribution in [2.75, 3.05) is 0 Å². The summed E-state index contributed by atoms with van der Waals surface area (Å²) in [4.78, 5) is 0.320. The van der Waals surface area contributed by atoms with Gasteiger partial charge in [-0.1, -0.05) is 6.92 Å². The molecule has 2 rings (SSSR count). The number of rotatable bonds is 7. The zero-order valence-corrected chi connectivity index (χ0v) is 13.3. The molecule has 1 heterocycles. The Morgan fingerprint density at radius 3 is 2.60 bits per heavy atom. The Balaban J connectivity index is 2.24. The molecule has 1 aliphatic carbocycles. The van der Waals surface area contributed by atoms with Crippen LogP contribution in [0.5, 0.6) is 0 Å². The van der Waals surface area contributed by atoms with Gasteiger partial charge in [0.1, 0.15) is 0 Å². The van der Waals surface area contributed by atoms with Crippen molar-refractivity contribution >= 4 is 10.0 Å². The second-order valence-corrected chi connectivity index (χ2v) is 7.85. The molecule has 114 valence electrons. The van der Waals surface area contributed by atoms with Gasteiger partial charge in [-0.2, -0.15) is 0 Å². The molecule has 1 fully saturated rings. The van der Waals surface area contributed by atoms with E-state index in [1.165, 1.54) is 0 Å². The number of aryl methyl sites for hydroxylation is 1. The molecule has 1 aliphatic rings. The summed E-state index contributed by atoms with van der Waals surface area (Å²) < 4.78 is 29.8. The van der Waals surface area contributed by atoms with Crippen molar-refractivity contribution in [3.8, 4) is 0 Å². The van der Waals surface area contributed by atoms with Gasteiger partial charge in [0, 0.05) is 30.5 Å². The molecule has 0 atom stereocenters. The van der Waals surface area contributed by atoms with E-state index >= 15 is 0 Å². The van der Waals surface area contributed by atoms with E-state index in [0.29, 0.717) is 17.4 Å². The van der Waals surface area contributed by atoms with E-state index in [2.05, 4.69) is 11.6 Å². The van der Waals surface area contributed by atoms with Crippen molar-refractivity contribution in [1.29, 1.82) is 0 Å². The van der Waals surface area contributed by atoms with Crippen molar-refractivity contribution in [2.24, 2.45) is 11.7 Å². The minimum atomic E-state index is -3.48. The number of hydrogen-bond donors (Lipinski definition) is 2. The average molecular weight is 299 g/mol. The predicted molar refractivity (Wildman–Crippen MR) is 79.7 cm³/mol. The maximum Gasteiger partial charge on any atom is 0.242 e. The molecule has 0 unspecified atom stereocenters. The first kappa shape index (κ1) is 15.5. The molecule has 1 aromatic rings. The first-order valence-corrected chi connectivity index (χ1v) is 8.71. The lowest BCUT2D eigenvalue weighted by molar-refractivity contribution is 0.400. The summed E-state index contributed by atoms with van der Waals surface area (Å²) >= 11 is 0. The van der Waals surface area contributed by atoms with Crippen LogP contribution in [0.2, 0.25) is 0 Å². The second kappa shape index (κ2) is 5.50. The Hall–Kier alpha value is -0.850. The summed E-state index contributed by atoms with van der Waals surface area (Å²) in [6.07, 6.45) is 4.83. The molecule has 3 N–H and O–H groups in total. The Bertz CT molecular complexity index is 571. The molecule has 1 aromatic heterocycles. The van der Waals surface area contributed by atoms with Gasteiger partial charge in [0.2, 0.25) is 10.0 Å². The third kappa shape index (κ3) is 3.24. The van der Waals surface area contributed by atoms with Crippen molar-refractivity contribution in [2.45, 2.75) is 63.6 Å². The summed E-state index contributed by atoms with van der Waals surface area (Å²) in [5, 5.41) is 0. The number of aromatic nitrogens is 1. The maximum absolute atomic E-state index is 12.5. The van der Waals surface area contributed by atoms with Crippen LogP contribution in [0.4, 0.5) is 0 Å². The summed E-state index contributed by atoms with van der Waals surface area (Å²) in [6, 6.07) is 1.68. The lowest BCUT2D eigenvalue weighted by Crippen LogP contribution is -2.44. The highest BCUT2D eigenvalue weighted by atomic mass is 32.2. The standard InChI is InChI=1S/C14H25N3O2S/c1-4-7-17-10-13(8-12(17)9-15)20(18,19)16-14(2,3)11-5-6-11/h8,10-11,16H,4-7,9,15H2,1-3H3. The fourth-order valence-electron chi connectivity index (χ4n) is 2.59. The van der Waals surface area contributed by atoms with Crippen LogP contribution in [0.1, 0.15) is 45.7 Å². The summed E-state index contributed by atoms with van der Waals surface area (Å²) in [5.41, 5.74) is 6.16. The Morgan fingerprint density at radius 1 is 1.45 bits per heavy atom. The number of nitrogens with two attached hydrogens (primary N) is 1. The topological polar surface area (TPSA) is 77.1 Å². The van der Waals surface area contributed by atoms with E-state index in [1.54, 1.807) is 12.3 Å². The van der Waals surface area contributed by atoms with Crippen LogP contribution < -0.4 is 10.5 Å². The second-order valence-electron chi connectivity index (χ2n) is 6.17.